The van der Waals surface area contributed by atoms with E-state index in [9.17, 15) is 9.59 Å². The van der Waals surface area contributed by atoms with Crippen molar-refractivity contribution < 1.29 is 23.8 Å². The quantitative estimate of drug-likeness (QED) is 0.607. The number of hydrogen-bond acceptors (Lipinski definition) is 8. The Morgan fingerprint density at radius 1 is 1.28 bits per heavy atom. The molecule has 0 aromatic heterocycles. The third-order valence-electron chi connectivity index (χ3n) is 5.60. The third kappa shape index (κ3) is 4.40. The van der Waals surface area contributed by atoms with Gasteiger partial charge >= 0.3 is 5.97 Å². The van der Waals surface area contributed by atoms with Crippen LogP contribution in [0.3, 0.4) is 0 Å². The molecule has 1 saturated heterocycles. The van der Waals surface area contributed by atoms with Crippen LogP contribution in [-0.4, -0.2) is 66.9 Å². The number of fused-ring (bicyclic) bond motifs is 1. The summed E-state index contributed by atoms with van der Waals surface area (Å²) in [4.78, 5) is 34.5. The number of morpholine rings is 1. The molecular weight excluding hydrogens is 430 g/mol. The predicted octanol–water partition coefficient (Wildman–Crippen LogP) is 3.08. The van der Waals surface area contributed by atoms with Crippen molar-refractivity contribution in [3.8, 4) is 5.75 Å². The minimum absolute atomic E-state index is 0.0368. The first-order valence-corrected chi connectivity index (χ1v) is 11.5. The van der Waals surface area contributed by atoms with Crippen LogP contribution in [0.1, 0.15) is 31.9 Å². The first kappa shape index (κ1) is 22.4. The summed E-state index contributed by atoms with van der Waals surface area (Å²) in [5, 5.41) is 2.69. The summed E-state index contributed by atoms with van der Waals surface area (Å²) in [6, 6.07) is 7.15. The zero-order valence-corrected chi connectivity index (χ0v) is 19.3. The number of thioether (sulfide) groups is 1. The highest BCUT2D eigenvalue weighted by molar-refractivity contribution is 8.16. The Labute approximate surface area is 191 Å². The highest BCUT2D eigenvalue weighted by Crippen LogP contribution is 2.45. The minimum Gasteiger partial charge on any atom is -0.497 e. The number of ether oxygens (including phenoxy) is 3. The van der Waals surface area contributed by atoms with E-state index in [-0.39, 0.29) is 18.9 Å². The van der Waals surface area contributed by atoms with Crippen molar-refractivity contribution in [3.63, 3.8) is 0 Å². The van der Waals surface area contributed by atoms with E-state index in [2.05, 4.69) is 4.99 Å². The van der Waals surface area contributed by atoms with Crippen molar-refractivity contribution in [1.29, 1.82) is 0 Å². The Hall–Kier alpha value is -2.78. The van der Waals surface area contributed by atoms with Gasteiger partial charge in [0.2, 0.25) is 5.91 Å². The van der Waals surface area contributed by atoms with Gasteiger partial charge in [0.05, 0.1) is 50.7 Å². The van der Waals surface area contributed by atoms with Crippen LogP contribution in [0.25, 0.3) is 0 Å². The highest BCUT2D eigenvalue weighted by Gasteiger charge is 2.41. The van der Waals surface area contributed by atoms with E-state index in [1.807, 2.05) is 46.4 Å². The molecule has 1 amide bonds. The molecule has 0 bridgehead atoms. The topological polar surface area (TPSA) is 80.7 Å². The molecule has 32 heavy (non-hydrogen) atoms. The lowest BCUT2D eigenvalue weighted by molar-refractivity contribution is -0.139. The fourth-order valence-corrected chi connectivity index (χ4v) is 5.01. The number of aliphatic imine (C=N–C) groups is 1. The number of carbonyl (C=O) groups excluding carboxylic acids is 2. The Balaban J connectivity index is 1.70. The van der Waals surface area contributed by atoms with Crippen LogP contribution < -0.4 is 4.74 Å². The van der Waals surface area contributed by atoms with Crippen molar-refractivity contribution in [2.75, 3.05) is 40.0 Å². The maximum absolute atomic E-state index is 13.0. The summed E-state index contributed by atoms with van der Waals surface area (Å²) >= 11 is 1.46. The molecule has 0 radical (unpaired) electrons. The van der Waals surface area contributed by atoms with Crippen molar-refractivity contribution >= 4 is 28.8 Å². The summed E-state index contributed by atoms with van der Waals surface area (Å²) in [6.45, 7) is 6.16. The number of allylic oxidation sites excluding steroid dienone is 1. The van der Waals surface area contributed by atoms with Gasteiger partial charge in [0.1, 0.15) is 5.75 Å². The first-order valence-electron chi connectivity index (χ1n) is 10.6. The molecule has 9 heteroatoms. The molecule has 0 saturated carbocycles. The number of amidine groups is 1. The average molecular weight is 458 g/mol. The number of amides is 1. The summed E-state index contributed by atoms with van der Waals surface area (Å²) in [5.41, 5.74) is 2.76. The molecule has 1 fully saturated rings. The van der Waals surface area contributed by atoms with E-state index in [1.54, 1.807) is 14.0 Å². The second kappa shape index (κ2) is 9.79. The lowest BCUT2D eigenvalue weighted by Gasteiger charge is -2.37. The number of hydrogen-bond donors (Lipinski definition) is 0. The molecule has 3 aliphatic heterocycles. The first-order chi connectivity index (χ1) is 15.5. The number of methoxy groups -OCH3 is 1. The van der Waals surface area contributed by atoms with E-state index in [0.29, 0.717) is 43.3 Å². The molecule has 8 nitrogen and oxygen atoms in total. The molecule has 170 valence electrons. The lowest BCUT2D eigenvalue weighted by atomic mass is 9.93. The molecule has 1 aromatic rings. The predicted molar refractivity (Wildman–Crippen MR) is 122 cm³/mol. The molecular formula is C23H27N3O5S. The van der Waals surface area contributed by atoms with Crippen LogP contribution in [0.2, 0.25) is 0 Å². The van der Waals surface area contributed by atoms with Gasteiger partial charge in [-0.25, -0.2) is 9.79 Å². The van der Waals surface area contributed by atoms with Gasteiger partial charge in [-0.05, 0) is 37.0 Å². The monoisotopic (exact) mass is 457 g/mol. The Morgan fingerprint density at radius 3 is 2.78 bits per heavy atom. The van der Waals surface area contributed by atoms with Gasteiger partial charge in [0.15, 0.2) is 5.17 Å². The van der Waals surface area contributed by atoms with E-state index >= 15 is 0 Å². The summed E-state index contributed by atoms with van der Waals surface area (Å²) in [5.74, 6) is 0.320. The fraction of sp³-hybridized carbons (Fsp3) is 0.435. The standard InChI is InChI=1S/C23H27N3O5S/c1-4-31-22(28)20-15(2)24-23-26(21(20)16-6-5-7-18(12-16)29-3)17(14-32-23)13-19(27)25-8-10-30-11-9-25/h5-7,12,14,21H,4,8-11,13H2,1-3H3. The normalized spacial score (nSPS) is 20.5. The Bertz CT molecular complexity index is 997. The van der Waals surface area contributed by atoms with E-state index < -0.39 is 12.0 Å². The second-order valence-electron chi connectivity index (χ2n) is 7.56. The number of nitrogens with zero attached hydrogens (tertiary/aromatic N) is 3. The van der Waals surface area contributed by atoms with E-state index in [1.165, 1.54) is 11.8 Å². The van der Waals surface area contributed by atoms with Crippen LogP contribution in [-0.2, 0) is 19.1 Å². The van der Waals surface area contributed by atoms with Crippen molar-refractivity contribution in [1.82, 2.24) is 9.80 Å². The van der Waals surface area contributed by atoms with Gasteiger partial charge in [-0.1, -0.05) is 23.9 Å². The molecule has 3 heterocycles. The SMILES string of the molecule is CCOC(=O)C1=C(C)N=C2SC=C(CC(=O)N3CCOCC3)N2C1c1cccc(OC)c1. The third-order valence-corrected chi connectivity index (χ3v) is 6.49. The minimum atomic E-state index is -0.463. The van der Waals surface area contributed by atoms with Crippen LogP contribution in [0.5, 0.6) is 5.75 Å². The van der Waals surface area contributed by atoms with Crippen LogP contribution >= 0.6 is 11.8 Å². The molecule has 1 aromatic carbocycles. The maximum atomic E-state index is 13.0. The van der Waals surface area contributed by atoms with E-state index in [0.717, 1.165) is 16.4 Å². The molecule has 0 spiro atoms. The van der Waals surface area contributed by atoms with Gasteiger partial charge in [0, 0.05) is 18.8 Å². The molecule has 0 aliphatic carbocycles. The largest absolute Gasteiger partial charge is 0.497 e. The summed E-state index contributed by atoms with van der Waals surface area (Å²) in [6.07, 6.45) is 0.224. The highest BCUT2D eigenvalue weighted by atomic mass is 32.2. The molecule has 4 rings (SSSR count). The van der Waals surface area contributed by atoms with Crippen molar-refractivity contribution in [2.24, 2.45) is 4.99 Å². The maximum Gasteiger partial charge on any atom is 0.338 e. The molecule has 1 unspecified atom stereocenters. The van der Waals surface area contributed by atoms with Gasteiger partial charge in [-0.15, -0.1) is 0 Å². The average Bonchev–Trinajstić information content (AvgIpc) is 3.20. The second-order valence-corrected chi connectivity index (χ2v) is 8.40. The smallest absolute Gasteiger partial charge is 0.338 e. The van der Waals surface area contributed by atoms with Gasteiger partial charge in [0.25, 0.3) is 0 Å². The summed E-state index contributed by atoms with van der Waals surface area (Å²) < 4.78 is 16.2. The number of rotatable bonds is 6. The number of carbonyl (C=O) groups is 2. The molecule has 1 atom stereocenters. The van der Waals surface area contributed by atoms with Crippen molar-refractivity contribution in [3.05, 3.63) is 52.2 Å². The Morgan fingerprint density at radius 2 is 2.06 bits per heavy atom. The summed E-state index contributed by atoms with van der Waals surface area (Å²) in [7, 11) is 1.61. The molecule has 3 aliphatic rings. The zero-order valence-electron chi connectivity index (χ0n) is 18.5. The van der Waals surface area contributed by atoms with Gasteiger partial charge < -0.3 is 24.0 Å². The van der Waals surface area contributed by atoms with E-state index in [4.69, 9.17) is 14.2 Å². The number of benzene rings is 1. The fourth-order valence-electron chi connectivity index (χ4n) is 4.05. The van der Waals surface area contributed by atoms with Crippen molar-refractivity contribution in [2.45, 2.75) is 26.3 Å². The molecule has 0 N–H and O–H groups in total. The van der Waals surface area contributed by atoms with Gasteiger partial charge in [-0.2, -0.15) is 0 Å². The van der Waals surface area contributed by atoms with Crippen LogP contribution in [0.15, 0.2) is 51.6 Å². The zero-order chi connectivity index (χ0) is 22.7. The van der Waals surface area contributed by atoms with Crippen LogP contribution in [0, 0.1) is 0 Å². The lowest BCUT2D eigenvalue weighted by Crippen LogP contribution is -2.42. The number of esters is 1. The van der Waals surface area contributed by atoms with Crippen LogP contribution in [0.4, 0.5) is 0 Å². The van der Waals surface area contributed by atoms with Gasteiger partial charge in [-0.3, -0.25) is 4.79 Å². The Kier molecular flexibility index (Phi) is 6.86.